The number of amides is 2. The molecular formula is C43H58N8O8S3. The van der Waals surface area contributed by atoms with Gasteiger partial charge >= 0.3 is 0 Å². The van der Waals surface area contributed by atoms with Gasteiger partial charge in [0.25, 0.3) is 10.0 Å². The van der Waals surface area contributed by atoms with Crippen LogP contribution < -0.4 is 30.5 Å². The topological polar surface area (TPSA) is 231 Å². The number of thiazole rings is 1. The van der Waals surface area contributed by atoms with Gasteiger partial charge < -0.3 is 26.0 Å². The highest BCUT2D eigenvalue weighted by molar-refractivity contribution is 7.90. The van der Waals surface area contributed by atoms with Crippen LogP contribution in [0.1, 0.15) is 69.7 Å². The molecule has 336 valence electrons. The van der Waals surface area contributed by atoms with Crippen LogP contribution >= 0.6 is 11.3 Å². The van der Waals surface area contributed by atoms with Crippen LogP contribution in [-0.2, 0) is 41.8 Å². The first-order valence-corrected chi connectivity index (χ1v) is 24.2. The molecule has 6 N–H and O–H groups in total. The molecule has 19 heteroatoms. The molecule has 0 spiro atoms. The van der Waals surface area contributed by atoms with Gasteiger partial charge in [-0.25, -0.2) is 31.3 Å². The van der Waals surface area contributed by atoms with E-state index in [1.807, 2.05) is 25.1 Å². The first-order valence-electron chi connectivity index (χ1n) is 20.1. The minimum Gasteiger partial charge on any atom is -0.496 e. The molecule has 0 aliphatic heterocycles. The summed E-state index contributed by atoms with van der Waals surface area (Å²) in [4.78, 5) is 52.4. The van der Waals surface area contributed by atoms with Crippen molar-refractivity contribution in [3.63, 3.8) is 0 Å². The molecule has 0 aliphatic carbocycles. The number of methoxy groups -OCH3 is 1. The van der Waals surface area contributed by atoms with Gasteiger partial charge in [0.05, 0.1) is 23.8 Å². The number of carbonyl (C=O) groups is 3. The average molecular weight is 911 g/mol. The molecule has 1 aromatic heterocycles. The molecule has 4 rings (SSSR count). The van der Waals surface area contributed by atoms with Crippen molar-refractivity contribution in [3.05, 3.63) is 111 Å². The highest BCUT2D eigenvalue weighted by atomic mass is 32.2. The minimum absolute atomic E-state index is 0.000464. The van der Waals surface area contributed by atoms with Crippen molar-refractivity contribution in [3.8, 4) is 5.75 Å². The number of nitrogens with zero attached hydrogens (tertiary/aromatic N) is 3. The maximum absolute atomic E-state index is 14.2. The van der Waals surface area contributed by atoms with Crippen LogP contribution in [0.25, 0.3) is 0 Å². The summed E-state index contributed by atoms with van der Waals surface area (Å²) in [6, 6.07) is 15.7. The molecule has 62 heavy (non-hydrogen) atoms. The lowest BCUT2D eigenvalue weighted by Gasteiger charge is -2.25. The smallest absolute Gasteiger partial charge is 0.264 e. The van der Waals surface area contributed by atoms with E-state index in [9.17, 15) is 31.2 Å². The fourth-order valence-corrected chi connectivity index (χ4v) is 10.3. The summed E-state index contributed by atoms with van der Waals surface area (Å²) in [6.45, 7) is 5.82. The zero-order valence-electron chi connectivity index (χ0n) is 36.0. The fraction of sp³-hybridized carbons (Fsp3) is 0.419. The molecule has 2 amide bonds. The predicted molar refractivity (Wildman–Crippen MR) is 242 cm³/mol. The van der Waals surface area contributed by atoms with Crippen molar-refractivity contribution < 1.29 is 36.0 Å². The van der Waals surface area contributed by atoms with Crippen molar-refractivity contribution in [2.75, 3.05) is 34.3 Å². The Morgan fingerprint density at radius 3 is 2.06 bits per heavy atom. The van der Waals surface area contributed by atoms with Gasteiger partial charge in [-0.15, -0.1) is 11.3 Å². The van der Waals surface area contributed by atoms with E-state index >= 15 is 0 Å². The molecule has 0 radical (unpaired) electrons. The standard InChI is InChI=1S/C43H58N8O8S3/c1-29-26-37(59-6)30(2)31(3)39(29)62(57,58)50-43(44)46-22-15-21-34(38(52)42-45-23-25-60-42)47-40(53)35(20-13-14-24-51(4)5)48-41(54)36(27-32-16-9-7-10-17-32)49-61(55,56)28-33-18-11-8-12-19-33/h7-12,16-19,23,25-26,34-36,49H,13-15,20-22,24,27-28H2,1-6H3,(H,47,53)(H,48,54)(H3,44,46,50)/t34-,35-,36+/m0/s1. The summed E-state index contributed by atoms with van der Waals surface area (Å²) in [7, 11) is -2.78. The quantitative estimate of drug-likeness (QED) is 0.0294. The second-order valence-corrected chi connectivity index (χ2v) is 19.5. The van der Waals surface area contributed by atoms with Crippen LogP contribution in [0.5, 0.6) is 5.75 Å². The van der Waals surface area contributed by atoms with Crippen LogP contribution in [0.4, 0.5) is 0 Å². The number of guanidine groups is 1. The number of benzene rings is 3. The molecule has 3 atom stereocenters. The highest BCUT2D eigenvalue weighted by Gasteiger charge is 2.32. The SMILES string of the molecule is COc1cc(C)c(S(=O)(=O)NC(N)=NCCC[C@H](NC(=O)[C@H](CCCCN(C)C)NC(=O)[C@@H](Cc2ccccc2)NS(=O)(=O)Cc2ccccc2)C(=O)c2nccs2)c(C)c1C. The highest BCUT2D eigenvalue weighted by Crippen LogP contribution is 2.30. The van der Waals surface area contributed by atoms with E-state index in [1.54, 1.807) is 86.8 Å². The second-order valence-electron chi connectivity index (χ2n) is 15.2. The van der Waals surface area contributed by atoms with Gasteiger partial charge in [0, 0.05) is 18.1 Å². The fourth-order valence-electron chi connectivity index (χ4n) is 6.81. The van der Waals surface area contributed by atoms with Crippen molar-refractivity contribution in [2.45, 2.75) is 88.1 Å². The Morgan fingerprint density at radius 2 is 1.45 bits per heavy atom. The lowest BCUT2D eigenvalue weighted by Crippen LogP contribution is -2.56. The predicted octanol–water partition coefficient (Wildman–Crippen LogP) is 3.77. The van der Waals surface area contributed by atoms with E-state index in [2.05, 4.69) is 30.1 Å². The van der Waals surface area contributed by atoms with Crippen LogP contribution in [-0.4, -0.2) is 103 Å². The van der Waals surface area contributed by atoms with Crippen molar-refractivity contribution in [1.29, 1.82) is 0 Å². The number of aliphatic imine (C=N–C) groups is 1. The first-order chi connectivity index (χ1) is 29.4. The van der Waals surface area contributed by atoms with Gasteiger partial charge in [-0.1, -0.05) is 60.7 Å². The number of hydrogen-bond donors (Lipinski definition) is 5. The summed E-state index contributed by atoms with van der Waals surface area (Å²) in [5.74, 6) is -1.95. The Balaban J connectivity index is 1.52. The number of Topliss-reactive ketones (excluding diaryl/α,β-unsaturated/α-hetero) is 1. The normalized spacial score (nSPS) is 13.6. The zero-order valence-corrected chi connectivity index (χ0v) is 38.5. The number of nitrogens with one attached hydrogen (secondary N) is 4. The van der Waals surface area contributed by atoms with E-state index in [-0.39, 0.29) is 53.8 Å². The van der Waals surface area contributed by atoms with Crippen LogP contribution in [0, 0.1) is 20.8 Å². The van der Waals surface area contributed by atoms with Gasteiger partial charge in [-0.05, 0) is 114 Å². The Labute approximate surface area is 369 Å². The number of ether oxygens (including phenoxy) is 1. The summed E-state index contributed by atoms with van der Waals surface area (Å²) in [5.41, 5.74) is 8.92. The maximum Gasteiger partial charge on any atom is 0.264 e. The number of nitrogens with two attached hydrogens (primary N) is 1. The number of rotatable bonds is 24. The molecule has 16 nitrogen and oxygen atoms in total. The summed E-state index contributed by atoms with van der Waals surface area (Å²) >= 11 is 1.11. The van der Waals surface area contributed by atoms with E-state index < -0.39 is 55.8 Å². The largest absolute Gasteiger partial charge is 0.496 e. The Morgan fingerprint density at radius 1 is 0.839 bits per heavy atom. The molecular weight excluding hydrogens is 853 g/mol. The average Bonchev–Trinajstić information content (AvgIpc) is 3.76. The lowest BCUT2D eigenvalue weighted by molar-refractivity contribution is -0.130. The lowest BCUT2D eigenvalue weighted by atomic mass is 10.0. The monoisotopic (exact) mass is 910 g/mol. The van der Waals surface area contributed by atoms with Gasteiger partial charge in [-0.3, -0.25) is 19.4 Å². The third kappa shape index (κ3) is 15.0. The van der Waals surface area contributed by atoms with E-state index in [0.29, 0.717) is 46.4 Å². The van der Waals surface area contributed by atoms with Crippen molar-refractivity contribution >= 4 is 54.9 Å². The number of aryl methyl sites for hydroxylation is 1. The summed E-state index contributed by atoms with van der Waals surface area (Å²) in [5, 5.41) is 7.41. The van der Waals surface area contributed by atoms with Crippen LogP contribution in [0.3, 0.4) is 0 Å². The zero-order chi connectivity index (χ0) is 45.5. The molecule has 0 unspecified atom stereocenters. The van der Waals surface area contributed by atoms with E-state index in [0.717, 1.165) is 17.9 Å². The molecule has 0 saturated carbocycles. The van der Waals surface area contributed by atoms with Gasteiger partial charge in [0.15, 0.2) is 5.01 Å². The maximum atomic E-state index is 14.2. The number of unbranched alkanes of at least 4 members (excludes halogenated alkanes) is 1. The third-order valence-electron chi connectivity index (χ3n) is 10.0. The van der Waals surface area contributed by atoms with Crippen LogP contribution in [0.2, 0.25) is 0 Å². The molecule has 0 fully saturated rings. The Kier molecular flexibility index (Phi) is 18.6. The summed E-state index contributed by atoms with van der Waals surface area (Å²) < 4.78 is 63.9. The van der Waals surface area contributed by atoms with E-state index in [1.165, 1.54) is 13.3 Å². The molecule has 3 aromatic carbocycles. The molecule has 0 saturated heterocycles. The molecule has 4 aromatic rings. The number of hydrogen-bond acceptors (Lipinski definition) is 12. The van der Waals surface area contributed by atoms with Gasteiger partial charge in [0.1, 0.15) is 17.8 Å². The van der Waals surface area contributed by atoms with Gasteiger partial charge in [-0.2, -0.15) is 0 Å². The van der Waals surface area contributed by atoms with E-state index in [4.69, 9.17) is 10.5 Å². The van der Waals surface area contributed by atoms with Crippen molar-refractivity contribution in [2.24, 2.45) is 10.7 Å². The molecule has 1 heterocycles. The summed E-state index contributed by atoms with van der Waals surface area (Å²) in [6.07, 6.45) is 3.19. The third-order valence-corrected chi connectivity index (χ3v) is 13.8. The molecule has 0 aliphatic rings. The Bertz CT molecular complexity index is 2360. The second kappa shape index (κ2) is 23.3. The number of carbonyl (C=O) groups excluding carboxylic acids is 3. The number of ketones is 1. The van der Waals surface area contributed by atoms with Crippen LogP contribution in [0.15, 0.2) is 88.2 Å². The van der Waals surface area contributed by atoms with Crippen molar-refractivity contribution in [1.82, 2.24) is 30.0 Å². The number of aromatic nitrogens is 1. The Hall–Kier alpha value is -5.21. The van der Waals surface area contributed by atoms with Gasteiger partial charge in [0.2, 0.25) is 33.6 Å². The number of sulfonamides is 2. The minimum atomic E-state index is -4.12. The first kappa shape index (κ1) is 49.4. The molecule has 0 bridgehead atoms.